The minimum atomic E-state index is -4.18. The number of ether oxygens (including phenoxy) is 1. The molecule has 8 nitrogen and oxygen atoms in total. The summed E-state index contributed by atoms with van der Waals surface area (Å²) >= 11 is 0. The van der Waals surface area contributed by atoms with E-state index in [9.17, 15) is 18.0 Å². The van der Waals surface area contributed by atoms with E-state index in [1.54, 1.807) is 42.5 Å². The second-order valence-electron chi connectivity index (χ2n) is 12.2. The molecule has 0 aliphatic carbocycles. The average Bonchev–Trinajstić information content (AvgIpc) is 3.02. The quantitative estimate of drug-likeness (QED) is 0.189. The van der Waals surface area contributed by atoms with Crippen molar-refractivity contribution in [2.75, 3.05) is 17.5 Å². The highest BCUT2D eigenvalue weighted by Crippen LogP contribution is 2.27. The Morgan fingerprint density at radius 2 is 1.43 bits per heavy atom. The van der Waals surface area contributed by atoms with Crippen molar-refractivity contribution in [2.45, 2.75) is 64.1 Å². The number of benzene rings is 4. The smallest absolute Gasteiger partial charge is 0.264 e. The van der Waals surface area contributed by atoms with E-state index in [4.69, 9.17) is 4.74 Å². The Bertz CT molecular complexity index is 1700. The minimum Gasteiger partial charge on any atom is -0.494 e. The van der Waals surface area contributed by atoms with Crippen LogP contribution in [-0.4, -0.2) is 49.9 Å². The zero-order valence-electron chi connectivity index (χ0n) is 27.1. The highest BCUT2D eigenvalue weighted by molar-refractivity contribution is 7.92. The standard InChI is InChI=1S/C37H43N3O5S/c1-6-45-32-22-20-31(21-23-32)40(46(43,44)33-18-11-8-12-19-33)27-35(41)39(26-30-17-13-14-28(2)24-30)34(36(42)38-37(3,4)5)25-29-15-9-7-10-16-29/h7-24,34H,6,25-27H2,1-5H3,(H,38,42)/t34-/m1/s1. The molecule has 0 saturated carbocycles. The van der Waals surface area contributed by atoms with Crippen LogP contribution >= 0.6 is 0 Å². The zero-order valence-corrected chi connectivity index (χ0v) is 28.0. The van der Waals surface area contributed by atoms with Crippen LogP contribution in [0.2, 0.25) is 0 Å². The SMILES string of the molecule is CCOc1ccc(N(CC(=O)N(Cc2cccc(C)c2)[C@H](Cc2ccccc2)C(=O)NC(C)(C)C)S(=O)(=O)c2ccccc2)cc1. The minimum absolute atomic E-state index is 0.0493. The number of hydrogen-bond acceptors (Lipinski definition) is 5. The lowest BCUT2D eigenvalue weighted by Crippen LogP contribution is -2.56. The first-order chi connectivity index (χ1) is 21.9. The van der Waals surface area contributed by atoms with Crippen LogP contribution in [0.15, 0.2) is 114 Å². The summed E-state index contributed by atoms with van der Waals surface area (Å²) in [5.41, 5.74) is 2.45. The van der Waals surface area contributed by atoms with Gasteiger partial charge in [-0.05, 0) is 82.1 Å². The number of hydrogen-bond donors (Lipinski definition) is 1. The van der Waals surface area contributed by atoms with Crippen molar-refractivity contribution < 1.29 is 22.7 Å². The van der Waals surface area contributed by atoms with Gasteiger partial charge in [0.2, 0.25) is 11.8 Å². The molecule has 0 aliphatic rings. The molecule has 4 aromatic rings. The van der Waals surface area contributed by atoms with E-state index in [1.165, 1.54) is 17.0 Å². The van der Waals surface area contributed by atoms with Crippen molar-refractivity contribution in [1.29, 1.82) is 0 Å². The fraction of sp³-hybridized carbons (Fsp3) is 0.297. The first-order valence-corrected chi connectivity index (χ1v) is 16.8. The Hall–Kier alpha value is -4.63. The van der Waals surface area contributed by atoms with Gasteiger partial charge in [0.15, 0.2) is 0 Å². The Labute approximate surface area is 273 Å². The fourth-order valence-electron chi connectivity index (χ4n) is 5.14. The van der Waals surface area contributed by atoms with Crippen LogP contribution in [0.25, 0.3) is 0 Å². The molecule has 4 rings (SSSR count). The molecule has 242 valence electrons. The molecule has 0 radical (unpaired) electrons. The monoisotopic (exact) mass is 641 g/mol. The van der Waals surface area contributed by atoms with Gasteiger partial charge in [0.25, 0.3) is 10.0 Å². The predicted octanol–water partition coefficient (Wildman–Crippen LogP) is 6.14. The molecule has 9 heteroatoms. The number of carbonyl (C=O) groups is 2. The molecule has 0 saturated heterocycles. The van der Waals surface area contributed by atoms with Gasteiger partial charge in [0.05, 0.1) is 17.2 Å². The molecular formula is C37H43N3O5S. The summed E-state index contributed by atoms with van der Waals surface area (Å²) in [6, 6.07) is 30.9. The Morgan fingerprint density at radius 1 is 0.826 bits per heavy atom. The van der Waals surface area contributed by atoms with E-state index in [2.05, 4.69) is 5.32 Å². The summed E-state index contributed by atoms with van der Waals surface area (Å²) in [5.74, 6) is -0.256. The first-order valence-electron chi connectivity index (χ1n) is 15.4. The molecule has 0 heterocycles. The number of nitrogens with one attached hydrogen (secondary N) is 1. The van der Waals surface area contributed by atoms with Gasteiger partial charge in [-0.2, -0.15) is 0 Å². The van der Waals surface area contributed by atoms with Crippen LogP contribution < -0.4 is 14.4 Å². The molecule has 0 aromatic heterocycles. The summed E-state index contributed by atoms with van der Waals surface area (Å²) in [6.07, 6.45) is 0.245. The Kier molecular flexibility index (Phi) is 11.2. The van der Waals surface area contributed by atoms with Crippen molar-refractivity contribution >= 4 is 27.5 Å². The highest BCUT2D eigenvalue weighted by Gasteiger charge is 2.35. The van der Waals surface area contributed by atoms with Crippen LogP contribution in [0.4, 0.5) is 5.69 Å². The third-order valence-corrected chi connectivity index (χ3v) is 9.04. The number of anilines is 1. The number of aryl methyl sites for hydroxylation is 1. The number of rotatable bonds is 13. The second kappa shape index (κ2) is 15.1. The topological polar surface area (TPSA) is 96.0 Å². The van der Waals surface area contributed by atoms with Crippen LogP contribution in [-0.2, 0) is 32.6 Å². The third kappa shape index (κ3) is 9.20. The Balaban J connectivity index is 1.81. The summed E-state index contributed by atoms with van der Waals surface area (Å²) in [5, 5.41) is 3.05. The van der Waals surface area contributed by atoms with Crippen LogP contribution in [0.1, 0.15) is 44.4 Å². The molecule has 4 aromatic carbocycles. The van der Waals surface area contributed by atoms with Crippen LogP contribution in [0, 0.1) is 6.92 Å². The van der Waals surface area contributed by atoms with Crippen LogP contribution in [0.3, 0.4) is 0 Å². The molecule has 46 heavy (non-hydrogen) atoms. The first kappa shape index (κ1) is 34.2. The maximum absolute atomic E-state index is 14.6. The number of nitrogens with zero attached hydrogens (tertiary/aromatic N) is 2. The number of carbonyl (C=O) groups excluding carboxylic acids is 2. The highest BCUT2D eigenvalue weighted by atomic mass is 32.2. The second-order valence-corrected chi connectivity index (χ2v) is 14.1. The number of amides is 2. The molecule has 0 aliphatic heterocycles. The van der Waals surface area contributed by atoms with Gasteiger partial charge in [-0.15, -0.1) is 0 Å². The van der Waals surface area contributed by atoms with Gasteiger partial charge in [-0.3, -0.25) is 13.9 Å². The van der Waals surface area contributed by atoms with Crippen molar-refractivity contribution in [2.24, 2.45) is 0 Å². The van der Waals surface area contributed by atoms with E-state index >= 15 is 0 Å². The lowest BCUT2D eigenvalue weighted by molar-refractivity contribution is -0.140. The lowest BCUT2D eigenvalue weighted by Gasteiger charge is -2.35. The van der Waals surface area contributed by atoms with Crippen LogP contribution in [0.5, 0.6) is 5.75 Å². The largest absolute Gasteiger partial charge is 0.494 e. The van der Waals surface area contributed by atoms with E-state index < -0.39 is 34.1 Å². The van der Waals surface area contributed by atoms with Gasteiger partial charge in [-0.25, -0.2) is 8.42 Å². The average molecular weight is 642 g/mol. The van der Waals surface area contributed by atoms with Crippen molar-refractivity contribution in [3.05, 3.63) is 126 Å². The number of sulfonamides is 1. The van der Waals surface area contributed by atoms with Gasteiger partial charge < -0.3 is 15.0 Å². The summed E-state index contributed by atoms with van der Waals surface area (Å²) in [7, 11) is -4.18. The molecular weight excluding hydrogens is 598 g/mol. The lowest BCUT2D eigenvalue weighted by atomic mass is 10.0. The molecule has 0 unspecified atom stereocenters. The van der Waals surface area contributed by atoms with E-state index in [0.717, 1.165) is 21.0 Å². The maximum atomic E-state index is 14.6. The normalized spacial score (nSPS) is 12.2. The molecule has 0 spiro atoms. The van der Waals surface area contributed by atoms with Crippen molar-refractivity contribution in [3.63, 3.8) is 0 Å². The van der Waals surface area contributed by atoms with Crippen molar-refractivity contribution in [3.8, 4) is 5.75 Å². The molecule has 0 bridgehead atoms. The van der Waals surface area contributed by atoms with Gasteiger partial charge in [0, 0.05) is 18.5 Å². The molecule has 1 N–H and O–H groups in total. The molecule has 2 amide bonds. The summed E-state index contributed by atoms with van der Waals surface area (Å²) < 4.78 is 34.9. The predicted molar refractivity (Wildman–Crippen MR) is 182 cm³/mol. The maximum Gasteiger partial charge on any atom is 0.264 e. The molecule has 0 fully saturated rings. The third-order valence-electron chi connectivity index (χ3n) is 7.25. The Morgan fingerprint density at radius 3 is 2.02 bits per heavy atom. The van der Waals surface area contributed by atoms with Gasteiger partial charge >= 0.3 is 0 Å². The van der Waals surface area contributed by atoms with E-state index in [0.29, 0.717) is 18.0 Å². The van der Waals surface area contributed by atoms with Crippen molar-refractivity contribution in [1.82, 2.24) is 10.2 Å². The van der Waals surface area contributed by atoms with Gasteiger partial charge in [-0.1, -0.05) is 78.4 Å². The summed E-state index contributed by atoms with van der Waals surface area (Å²) in [6.45, 7) is 9.53. The fourth-order valence-corrected chi connectivity index (χ4v) is 6.57. The molecule has 1 atom stereocenters. The zero-order chi connectivity index (χ0) is 33.3. The summed E-state index contributed by atoms with van der Waals surface area (Å²) in [4.78, 5) is 30.1. The van der Waals surface area contributed by atoms with Gasteiger partial charge in [0.1, 0.15) is 18.3 Å². The van der Waals surface area contributed by atoms with E-state index in [1.807, 2.05) is 89.2 Å². The van der Waals surface area contributed by atoms with E-state index in [-0.39, 0.29) is 23.8 Å².